The number of nitrogens with one attached hydrogen (secondary N) is 1. The summed E-state index contributed by atoms with van der Waals surface area (Å²) >= 11 is 0. The highest BCUT2D eigenvalue weighted by Crippen LogP contribution is 2.28. The molecule has 0 bridgehead atoms. The molecule has 0 aromatic heterocycles. The van der Waals surface area contributed by atoms with Gasteiger partial charge in [-0.05, 0) is 43.5 Å². The zero-order valence-corrected chi connectivity index (χ0v) is 13.6. The van der Waals surface area contributed by atoms with E-state index in [-0.39, 0.29) is 24.1 Å². The Morgan fingerprint density at radius 2 is 1.96 bits per heavy atom. The van der Waals surface area contributed by atoms with Crippen LogP contribution < -0.4 is 5.32 Å². The first-order valence-electron chi connectivity index (χ1n) is 8.06. The topological polar surface area (TPSA) is 32.3 Å². The van der Waals surface area contributed by atoms with Crippen molar-refractivity contribution in [1.29, 1.82) is 0 Å². The maximum Gasteiger partial charge on any atom is 0.238 e. The second-order valence-corrected chi connectivity index (χ2v) is 6.23. The number of carbonyl (C=O) groups excluding carboxylic acids is 1. The Morgan fingerprint density at radius 3 is 2.67 bits per heavy atom. The highest BCUT2D eigenvalue weighted by molar-refractivity contribution is 5.93. The second-order valence-electron chi connectivity index (χ2n) is 6.23. The molecular weight excluding hydrogens is 310 g/mol. The molecular formula is C19H20F2N2O. The van der Waals surface area contributed by atoms with Crippen LogP contribution in [0.2, 0.25) is 0 Å². The number of nitrogens with zero attached hydrogens (tertiary/aromatic N) is 1. The number of hydrogen-bond acceptors (Lipinski definition) is 2. The first-order valence-corrected chi connectivity index (χ1v) is 8.06. The minimum absolute atomic E-state index is 0.162. The van der Waals surface area contributed by atoms with E-state index in [1.807, 2.05) is 11.8 Å². The van der Waals surface area contributed by atoms with E-state index in [1.54, 1.807) is 24.3 Å². The minimum atomic E-state index is -0.388. The molecule has 1 aliphatic rings. The van der Waals surface area contributed by atoms with Gasteiger partial charge < -0.3 is 5.32 Å². The third-order valence-electron chi connectivity index (χ3n) is 4.21. The molecule has 1 fully saturated rings. The minimum Gasteiger partial charge on any atom is -0.325 e. The molecule has 5 heteroatoms. The normalized spacial score (nSPS) is 14.0. The monoisotopic (exact) mass is 330 g/mol. The van der Waals surface area contributed by atoms with Crippen LogP contribution in [0.25, 0.3) is 0 Å². The van der Waals surface area contributed by atoms with E-state index in [9.17, 15) is 13.6 Å². The van der Waals surface area contributed by atoms with E-state index in [1.165, 1.54) is 18.2 Å². The number of anilines is 1. The molecule has 0 heterocycles. The van der Waals surface area contributed by atoms with E-state index in [4.69, 9.17) is 0 Å². The van der Waals surface area contributed by atoms with Crippen LogP contribution in [0.5, 0.6) is 0 Å². The molecule has 0 saturated heterocycles. The Labute approximate surface area is 140 Å². The van der Waals surface area contributed by atoms with Crippen LogP contribution in [-0.4, -0.2) is 23.4 Å². The summed E-state index contributed by atoms with van der Waals surface area (Å²) in [6, 6.07) is 11.2. The van der Waals surface area contributed by atoms with Crippen LogP contribution in [0.4, 0.5) is 14.5 Å². The van der Waals surface area contributed by atoms with Crippen molar-refractivity contribution in [2.45, 2.75) is 32.4 Å². The Balaban J connectivity index is 1.66. The van der Waals surface area contributed by atoms with E-state index in [0.29, 0.717) is 23.8 Å². The molecule has 0 aliphatic heterocycles. The first-order chi connectivity index (χ1) is 11.5. The van der Waals surface area contributed by atoms with Gasteiger partial charge in [0.15, 0.2) is 0 Å². The number of benzene rings is 2. The third-order valence-corrected chi connectivity index (χ3v) is 4.21. The van der Waals surface area contributed by atoms with Gasteiger partial charge in [-0.3, -0.25) is 9.69 Å². The van der Waals surface area contributed by atoms with Crippen molar-refractivity contribution in [3.63, 3.8) is 0 Å². The summed E-state index contributed by atoms with van der Waals surface area (Å²) in [6.07, 6.45) is 2.03. The van der Waals surface area contributed by atoms with Crippen LogP contribution in [0, 0.1) is 18.6 Å². The fourth-order valence-electron chi connectivity index (χ4n) is 2.70. The van der Waals surface area contributed by atoms with Crippen molar-refractivity contribution in [2.75, 3.05) is 11.9 Å². The maximum absolute atomic E-state index is 13.8. The number of hydrogen-bond donors (Lipinski definition) is 1. The molecule has 0 radical (unpaired) electrons. The van der Waals surface area contributed by atoms with Gasteiger partial charge in [-0.1, -0.05) is 24.3 Å². The quantitative estimate of drug-likeness (QED) is 0.872. The van der Waals surface area contributed by atoms with Gasteiger partial charge in [0, 0.05) is 23.8 Å². The summed E-state index contributed by atoms with van der Waals surface area (Å²) < 4.78 is 27.2. The van der Waals surface area contributed by atoms with Crippen molar-refractivity contribution in [3.8, 4) is 0 Å². The molecule has 0 atom stereocenters. The molecule has 126 valence electrons. The summed E-state index contributed by atoms with van der Waals surface area (Å²) in [7, 11) is 0. The van der Waals surface area contributed by atoms with Crippen LogP contribution in [0.15, 0.2) is 42.5 Å². The molecule has 3 rings (SSSR count). The molecule has 3 nitrogen and oxygen atoms in total. The van der Waals surface area contributed by atoms with E-state index < -0.39 is 0 Å². The lowest BCUT2D eigenvalue weighted by Crippen LogP contribution is -2.34. The molecule has 0 unspecified atom stereocenters. The van der Waals surface area contributed by atoms with Crippen LogP contribution in [-0.2, 0) is 11.3 Å². The molecule has 2 aromatic rings. The Hall–Kier alpha value is -2.27. The Kier molecular flexibility index (Phi) is 4.90. The van der Waals surface area contributed by atoms with E-state index in [0.717, 1.165) is 18.4 Å². The number of aryl methyl sites for hydroxylation is 1. The van der Waals surface area contributed by atoms with Gasteiger partial charge in [0.25, 0.3) is 0 Å². The van der Waals surface area contributed by atoms with Crippen molar-refractivity contribution in [3.05, 3.63) is 65.2 Å². The highest BCUT2D eigenvalue weighted by Gasteiger charge is 2.30. The van der Waals surface area contributed by atoms with E-state index >= 15 is 0 Å². The number of halogens is 2. The van der Waals surface area contributed by atoms with Crippen LogP contribution in [0.1, 0.15) is 24.0 Å². The molecule has 2 aromatic carbocycles. The lowest BCUT2D eigenvalue weighted by molar-refractivity contribution is -0.117. The molecule has 0 spiro atoms. The SMILES string of the molecule is Cc1ccc(F)cc1NC(=O)CN(Cc1ccccc1F)C1CC1. The number of rotatable bonds is 6. The molecule has 1 amide bonds. The third kappa shape index (κ3) is 4.17. The fraction of sp³-hybridized carbons (Fsp3) is 0.316. The summed E-state index contributed by atoms with van der Waals surface area (Å²) in [5.41, 5.74) is 1.86. The zero-order valence-electron chi connectivity index (χ0n) is 13.6. The number of carbonyl (C=O) groups is 1. The zero-order chi connectivity index (χ0) is 17.1. The van der Waals surface area contributed by atoms with Crippen molar-refractivity contribution < 1.29 is 13.6 Å². The van der Waals surface area contributed by atoms with Crippen molar-refractivity contribution in [1.82, 2.24) is 4.90 Å². The van der Waals surface area contributed by atoms with Gasteiger partial charge in [0.1, 0.15) is 11.6 Å². The summed E-state index contributed by atoms with van der Waals surface area (Å²) in [6.45, 7) is 2.37. The van der Waals surface area contributed by atoms with Crippen molar-refractivity contribution >= 4 is 11.6 Å². The number of amides is 1. The largest absolute Gasteiger partial charge is 0.325 e. The van der Waals surface area contributed by atoms with Gasteiger partial charge in [-0.25, -0.2) is 8.78 Å². The lowest BCUT2D eigenvalue weighted by atomic mass is 10.2. The summed E-state index contributed by atoms with van der Waals surface area (Å²) in [4.78, 5) is 14.3. The van der Waals surface area contributed by atoms with Gasteiger partial charge in [-0.2, -0.15) is 0 Å². The highest BCUT2D eigenvalue weighted by atomic mass is 19.1. The summed E-state index contributed by atoms with van der Waals surface area (Å²) in [5, 5.41) is 2.75. The van der Waals surface area contributed by atoms with Gasteiger partial charge in [0.2, 0.25) is 5.91 Å². The lowest BCUT2D eigenvalue weighted by Gasteiger charge is -2.22. The predicted octanol–water partition coefficient (Wildman–Crippen LogP) is 3.88. The average Bonchev–Trinajstić information content (AvgIpc) is 3.37. The first kappa shape index (κ1) is 16.6. The van der Waals surface area contributed by atoms with Crippen LogP contribution in [0.3, 0.4) is 0 Å². The van der Waals surface area contributed by atoms with E-state index in [2.05, 4.69) is 5.32 Å². The molecule has 1 saturated carbocycles. The second kappa shape index (κ2) is 7.09. The van der Waals surface area contributed by atoms with Gasteiger partial charge in [-0.15, -0.1) is 0 Å². The Bertz CT molecular complexity index is 744. The summed E-state index contributed by atoms with van der Waals surface area (Å²) in [5.74, 6) is -0.863. The standard InChI is InChI=1S/C19H20F2N2O/c1-13-6-7-15(20)10-18(13)22-19(24)12-23(16-8-9-16)11-14-4-2-3-5-17(14)21/h2-7,10,16H,8-9,11-12H2,1H3,(H,22,24). The van der Waals surface area contributed by atoms with Gasteiger partial charge >= 0.3 is 0 Å². The van der Waals surface area contributed by atoms with Crippen LogP contribution >= 0.6 is 0 Å². The maximum atomic E-state index is 13.8. The smallest absolute Gasteiger partial charge is 0.238 e. The molecule has 1 aliphatic carbocycles. The predicted molar refractivity (Wildman–Crippen MR) is 89.6 cm³/mol. The molecule has 1 N–H and O–H groups in total. The fourth-order valence-corrected chi connectivity index (χ4v) is 2.70. The average molecular weight is 330 g/mol. The van der Waals surface area contributed by atoms with Gasteiger partial charge in [0.05, 0.1) is 6.54 Å². The van der Waals surface area contributed by atoms with Crippen molar-refractivity contribution in [2.24, 2.45) is 0 Å². The Morgan fingerprint density at radius 1 is 1.21 bits per heavy atom. The molecule has 24 heavy (non-hydrogen) atoms.